The number of benzene rings is 3. The first-order chi connectivity index (χ1) is 20.5. The minimum absolute atomic E-state index is 0.00654. The van der Waals surface area contributed by atoms with Crippen LogP contribution in [0.25, 0.3) is 11.4 Å². The number of aryl methyl sites for hydroxylation is 1. The topological polar surface area (TPSA) is 99.9 Å². The van der Waals surface area contributed by atoms with E-state index in [2.05, 4.69) is 5.32 Å². The van der Waals surface area contributed by atoms with Gasteiger partial charge in [-0.1, -0.05) is 35.3 Å². The molecule has 3 aromatic carbocycles. The van der Waals surface area contributed by atoms with Gasteiger partial charge in [-0.2, -0.15) is 0 Å². The third-order valence-electron chi connectivity index (χ3n) is 8.17. The van der Waals surface area contributed by atoms with Crippen LogP contribution in [0.5, 0.6) is 5.75 Å². The van der Waals surface area contributed by atoms with Crippen molar-refractivity contribution in [2.45, 2.75) is 32.4 Å². The lowest BCUT2D eigenvalue weighted by Crippen LogP contribution is -2.51. The van der Waals surface area contributed by atoms with Gasteiger partial charge >= 0.3 is 0 Å². The minimum atomic E-state index is -1.58. The molecule has 2 aliphatic heterocycles. The van der Waals surface area contributed by atoms with E-state index in [0.29, 0.717) is 56.4 Å². The summed E-state index contributed by atoms with van der Waals surface area (Å²) in [5.41, 5.74) is 2.97. The smallest absolute Gasteiger partial charge is 0.280 e. The minimum Gasteiger partial charge on any atom is -0.496 e. The average Bonchev–Trinajstić information content (AvgIpc) is 3.58. The number of anilines is 3. The third kappa shape index (κ3) is 4.21. The van der Waals surface area contributed by atoms with Gasteiger partial charge in [0.25, 0.3) is 11.8 Å². The first-order valence-electron chi connectivity index (χ1n) is 13.9. The summed E-state index contributed by atoms with van der Waals surface area (Å²) in [6.45, 7) is 6.31. The average molecular weight is 621 g/mol. The Labute approximate surface area is 259 Å². The van der Waals surface area contributed by atoms with E-state index in [1.165, 1.54) is 4.90 Å². The highest BCUT2D eigenvalue weighted by molar-refractivity contribution is 6.32. The van der Waals surface area contributed by atoms with Crippen molar-refractivity contribution < 1.29 is 19.4 Å². The highest BCUT2D eigenvalue weighted by Gasteiger charge is 2.64. The van der Waals surface area contributed by atoms with Gasteiger partial charge < -0.3 is 24.6 Å². The molecule has 222 valence electrons. The maximum Gasteiger partial charge on any atom is 0.280 e. The van der Waals surface area contributed by atoms with Crippen LogP contribution in [0.2, 0.25) is 10.0 Å². The van der Waals surface area contributed by atoms with Crippen molar-refractivity contribution in [1.82, 2.24) is 9.55 Å². The first-order valence-corrected chi connectivity index (χ1v) is 14.7. The van der Waals surface area contributed by atoms with E-state index in [4.69, 9.17) is 32.9 Å². The van der Waals surface area contributed by atoms with Gasteiger partial charge in [-0.25, -0.2) is 4.98 Å². The summed E-state index contributed by atoms with van der Waals surface area (Å²) < 4.78 is 7.76. The lowest BCUT2D eigenvalue weighted by Gasteiger charge is -2.36. The molecule has 0 aliphatic carbocycles. The van der Waals surface area contributed by atoms with Gasteiger partial charge in [0.2, 0.25) is 0 Å². The zero-order chi connectivity index (χ0) is 30.8. The zero-order valence-electron chi connectivity index (χ0n) is 24.4. The standard InChI is InChI=1S/C32H31Cl2N5O4/c1-17(2)38-28-27(36-29(38)22-10-9-21(16-26(22)43-5)37(4)12-13-40)30(41)39(25-15-20(34)7-6-18(25)3)32(28)23-11-8-19(33)14-24(23)35-31(32)42/h6-11,14-17,40H,12-13H2,1-5H3,(H,35,42)/t32-/m0/s1. The third-order valence-corrected chi connectivity index (χ3v) is 8.64. The van der Waals surface area contributed by atoms with Gasteiger partial charge in [0.1, 0.15) is 11.6 Å². The number of carbonyl (C=O) groups is 2. The molecule has 0 unspecified atom stereocenters. The van der Waals surface area contributed by atoms with Crippen LogP contribution < -0.4 is 19.9 Å². The van der Waals surface area contributed by atoms with E-state index >= 15 is 0 Å². The van der Waals surface area contributed by atoms with Gasteiger partial charge in [-0.05, 0) is 62.7 Å². The number of aromatic nitrogens is 2. The number of hydrogen-bond donors (Lipinski definition) is 2. The van der Waals surface area contributed by atoms with Crippen LogP contribution in [0.15, 0.2) is 54.6 Å². The molecule has 43 heavy (non-hydrogen) atoms. The van der Waals surface area contributed by atoms with E-state index in [-0.39, 0.29) is 18.3 Å². The Morgan fingerprint density at radius 1 is 1.07 bits per heavy atom. The lowest BCUT2D eigenvalue weighted by molar-refractivity contribution is -0.119. The maximum atomic E-state index is 14.6. The van der Waals surface area contributed by atoms with Crippen molar-refractivity contribution in [3.8, 4) is 17.1 Å². The van der Waals surface area contributed by atoms with Crippen molar-refractivity contribution in [1.29, 1.82) is 0 Å². The number of amides is 2. The number of aliphatic hydroxyl groups excluding tert-OH is 1. The molecule has 2 aliphatic rings. The summed E-state index contributed by atoms with van der Waals surface area (Å²) in [6.07, 6.45) is 0. The second-order valence-corrected chi connectivity index (χ2v) is 11.9. The molecule has 9 nitrogen and oxygen atoms in total. The number of ether oxygens (including phenoxy) is 1. The van der Waals surface area contributed by atoms with Crippen molar-refractivity contribution in [3.63, 3.8) is 0 Å². The molecule has 0 saturated heterocycles. The Kier molecular flexibility index (Phi) is 7.15. The largest absolute Gasteiger partial charge is 0.496 e. The number of fused-ring (bicyclic) bond motifs is 4. The van der Waals surface area contributed by atoms with Crippen molar-refractivity contribution in [3.05, 3.63) is 87.2 Å². The first kappa shape index (κ1) is 29.0. The number of nitrogens with one attached hydrogen (secondary N) is 1. The second kappa shape index (κ2) is 10.6. The summed E-state index contributed by atoms with van der Waals surface area (Å²) >= 11 is 12.8. The van der Waals surface area contributed by atoms with Gasteiger partial charge in [0.05, 0.1) is 30.7 Å². The number of imidazole rings is 1. The molecule has 3 heterocycles. The monoisotopic (exact) mass is 619 g/mol. The fourth-order valence-electron chi connectivity index (χ4n) is 6.21. The molecule has 11 heteroatoms. The number of nitrogens with zero attached hydrogens (tertiary/aromatic N) is 4. The molecule has 0 bridgehead atoms. The summed E-state index contributed by atoms with van der Waals surface area (Å²) in [4.78, 5) is 37.4. The van der Waals surface area contributed by atoms with Gasteiger partial charge in [-0.15, -0.1) is 0 Å². The molecule has 4 aromatic rings. The fraction of sp³-hybridized carbons (Fsp3) is 0.281. The van der Waals surface area contributed by atoms with Crippen molar-refractivity contribution in [2.75, 3.05) is 42.4 Å². The van der Waals surface area contributed by atoms with Crippen LogP contribution in [-0.4, -0.2) is 53.8 Å². The molecular formula is C32H31Cl2N5O4. The number of halogens is 2. The maximum absolute atomic E-state index is 14.6. The molecule has 1 atom stereocenters. The lowest BCUT2D eigenvalue weighted by atomic mass is 9.86. The fourth-order valence-corrected chi connectivity index (χ4v) is 6.55. The Morgan fingerprint density at radius 3 is 2.49 bits per heavy atom. The summed E-state index contributed by atoms with van der Waals surface area (Å²) in [5.74, 6) is 0.230. The van der Waals surface area contributed by atoms with E-state index in [9.17, 15) is 14.7 Å². The number of carbonyl (C=O) groups excluding carboxylic acids is 2. The number of rotatable bonds is 7. The highest BCUT2D eigenvalue weighted by Crippen LogP contribution is 2.55. The van der Waals surface area contributed by atoms with Crippen molar-refractivity contribution in [2.24, 2.45) is 0 Å². The van der Waals surface area contributed by atoms with Gasteiger partial charge in [0.15, 0.2) is 11.2 Å². The van der Waals surface area contributed by atoms with E-state index < -0.39 is 17.4 Å². The van der Waals surface area contributed by atoms with Crippen LogP contribution in [0.3, 0.4) is 0 Å². The number of methoxy groups -OCH3 is 1. The summed E-state index contributed by atoms with van der Waals surface area (Å²) in [5, 5.41) is 13.3. The van der Waals surface area contributed by atoms with Gasteiger partial charge in [-0.3, -0.25) is 14.5 Å². The van der Waals surface area contributed by atoms with Crippen LogP contribution in [0, 0.1) is 6.92 Å². The summed E-state index contributed by atoms with van der Waals surface area (Å²) in [6, 6.07) is 15.9. The molecule has 6 rings (SSSR count). The Hall–Kier alpha value is -4.05. The van der Waals surface area contributed by atoms with Crippen LogP contribution in [0.4, 0.5) is 17.1 Å². The molecule has 0 fully saturated rings. The molecule has 0 radical (unpaired) electrons. The molecule has 1 aromatic heterocycles. The molecular weight excluding hydrogens is 589 g/mol. The molecule has 1 spiro atoms. The number of aliphatic hydroxyl groups is 1. The quantitative estimate of drug-likeness (QED) is 0.262. The van der Waals surface area contributed by atoms with Crippen LogP contribution in [0.1, 0.15) is 47.2 Å². The van der Waals surface area contributed by atoms with E-state index in [1.54, 1.807) is 37.4 Å². The zero-order valence-corrected chi connectivity index (χ0v) is 25.9. The molecule has 2 N–H and O–H groups in total. The Bertz CT molecular complexity index is 1800. The van der Waals surface area contributed by atoms with E-state index in [0.717, 1.165) is 11.3 Å². The number of hydrogen-bond acceptors (Lipinski definition) is 6. The summed E-state index contributed by atoms with van der Waals surface area (Å²) in [7, 11) is 3.46. The highest BCUT2D eigenvalue weighted by atomic mass is 35.5. The van der Waals surface area contributed by atoms with Gasteiger partial charge in [0, 0.05) is 52.7 Å². The predicted molar refractivity (Wildman–Crippen MR) is 169 cm³/mol. The van der Waals surface area contributed by atoms with Crippen molar-refractivity contribution >= 4 is 52.1 Å². The van der Waals surface area contributed by atoms with Crippen LogP contribution in [-0.2, 0) is 10.3 Å². The number of likely N-dealkylation sites (N-methyl/N-ethyl adjacent to an activating group) is 1. The predicted octanol–water partition coefficient (Wildman–Crippen LogP) is 6.04. The normalized spacial score (nSPS) is 17.1. The molecule has 2 amide bonds. The Morgan fingerprint density at radius 2 is 1.79 bits per heavy atom. The Balaban J connectivity index is 1.67. The van der Waals surface area contributed by atoms with E-state index in [1.807, 2.05) is 61.6 Å². The molecule has 0 saturated carbocycles. The SMILES string of the molecule is COc1cc(N(C)CCO)ccc1-c1nc2c(n1C(C)C)[C@@]1(C(=O)Nc3cc(Cl)ccc31)N(c1cc(Cl)ccc1C)C2=O. The second-order valence-electron chi connectivity index (χ2n) is 11.1. The van der Waals surface area contributed by atoms with Crippen LogP contribution >= 0.6 is 23.2 Å².